The van der Waals surface area contributed by atoms with Crippen LogP contribution in [0.5, 0.6) is 5.75 Å². The van der Waals surface area contributed by atoms with Crippen molar-refractivity contribution in [1.82, 2.24) is 5.32 Å². The monoisotopic (exact) mass is 323 g/mol. The van der Waals surface area contributed by atoms with Crippen molar-refractivity contribution in [2.75, 3.05) is 14.2 Å². The maximum atomic E-state index is 14.2. The molecule has 0 aromatic heterocycles. The molecule has 1 N–H and O–H groups in total. The third kappa shape index (κ3) is 2.80. The van der Waals surface area contributed by atoms with Gasteiger partial charge in [0.25, 0.3) is 0 Å². The fraction of sp³-hybridized carbons (Fsp3) is 0.200. The van der Waals surface area contributed by atoms with Crippen LogP contribution in [0.15, 0.2) is 46.9 Å². The van der Waals surface area contributed by atoms with Gasteiger partial charge in [-0.3, -0.25) is 0 Å². The second kappa shape index (κ2) is 6.17. The quantitative estimate of drug-likeness (QED) is 0.921. The van der Waals surface area contributed by atoms with Gasteiger partial charge in [0.2, 0.25) is 0 Å². The van der Waals surface area contributed by atoms with E-state index in [0.29, 0.717) is 10.0 Å². The lowest BCUT2D eigenvalue weighted by Crippen LogP contribution is -2.19. The molecule has 0 aliphatic heterocycles. The molecule has 0 amide bonds. The minimum Gasteiger partial charge on any atom is -0.496 e. The van der Waals surface area contributed by atoms with Crippen LogP contribution in [0.3, 0.4) is 0 Å². The molecule has 0 spiro atoms. The van der Waals surface area contributed by atoms with Crippen molar-refractivity contribution in [1.29, 1.82) is 0 Å². The number of ether oxygens (including phenoxy) is 1. The van der Waals surface area contributed by atoms with Gasteiger partial charge in [0, 0.05) is 11.1 Å². The molecule has 2 rings (SSSR count). The summed E-state index contributed by atoms with van der Waals surface area (Å²) in [5.74, 6) is 0.481. The summed E-state index contributed by atoms with van der Waals surface area (Å²) in [6.45, 7) is 0. The standard InChI is InChI=1S/C15H15BrFNO/c1-18-15(10-6-3-4-9-13(10)19-2)11-7-5-8-12(16)14(11)17/h3-9,15,18H,1-2H3. The molecule has 0 heterocycles. The van der Waals surface area contributed by atoms with Gasteiger partial charge in [0.15, 0.2) is 0 Å². The van der Waals surface area contributed by atoms with E-state index < -0.39 is 0 Å². The Kier molecular flexibility index (Phi) is 4.56. The average molecular weight is 324 g/mol. The molecule has 0 bridgehead atoms. The zero-order chi connectivity index (χ0) is 13.8. The normalized spacial score (nSPS) is 12.2. The molecule has 0 aliphatic carbocycles. The average Bonchev–Trinajstić information content (AvgIpc) is 2.45. The van der Waals surface area contributed by atoms with Gasteiger partial charge in [0.1, 0.15) is 11.6 Å². The molecule has 2 nitrogen and oxygen atoms in total. The SMILES string of the molecule is CNC(c1ccccc1OC)c1cccc(Br)c1F. The third-order valence-corrected chi connectivity index (χ3v) is 3.64. The summed E-state index contributed by atoms with van der Waals surface area (Å²) in [5, 5.41) is 3.14. The third-order valence-electron chi connectivity index (χ3n) is 3.03. The smallest absolute Gasteiger partial charge is 0.142 e. The maximum Gasteiger partial charge on any atom is 0.142 e. The van der Waals surface area contributed by atoms with Crippen LogP contribution in [-0.4, -0.2) is 14.2 Å². The van der Waals surface area contributed by atoms with Gasteiger partial charge in [-0.2, -0.15) is 0 Å². The first-order chi connectivity index (χ1) is 9.19. The Morgan fingerprint density at radius 3 is 2.47 bits per heavy atom. The molecule has 0 aliphatic rings. The summed E-state index contributed by atoms with van der Waals surface area (Å²) >= 11 is 3.22. The number of halogens is 2. The molecule has 0 fully saturated rings. The van der Waals surface area contributed by atoms with Crippen molar-refractivity contribution in [3.05, 3.63) is 63.9 Å². The zero-order valence-corrected chi connectivity index (χ0v) is 12.4. The van der Waals surface area contributed by atoms with Crippen LogP contribution in [-0.2, 0) is 0 Å². The fourth-order valence-electron chi connectivity index (χ4n) is 2.13. The lowest BCUT2D eigenvalue weighted by Gasteiger charge is -2.20. The Labute approximate surface area is 120 Å². The highest BCUT2D eigenvalue weighted by atomic mass is 79.9. The van der Waals surface area contributed by atoms with Gasteiger partial charge in [0.05, 0.1) is 17.6 Å². The van der Waals surface area contributed by atoms with Crippen molar-refractivity contribution in [3.8, 4) is 5.75 Å². The van der Waals surface area contributed by atoms with Gasteiger partial charge >= 0.3 is 0 Å². The van der Waals surface area contributed by atoms with Crippen molar-refractivity contribution in [2.24, 2.45) is 0 Å². The van der Waals surface area contributed by atoms with Crippen LogP contribution < -0.4 is 10.1 Å². The first kappa shape index (κ1) is 14.0. The van der Waals surface area contributed by atoms with Gasteiger partial charge in [-0.1, -0.05) is 30.3 Å². The fourth-order valence-corrected chi connectivity index (χ4v) is 2.51. The first-order valence-electron chi connectivity index (χ1n) is 5.93. The molecule has 1 unspecified atom stereocenters. The Hall–Kier alpha value is -1.39. The molecule has 1 atom stereocenters. The first-order valence-corrected chi connectivity index (χ1v) is 6.72. The molecule has 19 heavy (non-hydrogen) atoms. The van der Waals surface area contributed by atoms with Crippen molar-refractivity contribution >= 4 is 15.9 Å². The van der Waals surface area contributed by atoms with Crippen molar-refractivity contribution in [2.45, 2.75) is 6.04 Å². The van der Waals surface area contributed by atoms with Gasteiger partial charge in [-0.15, -0.1) is 0 Å². The highest BCUT2D eigenvalue weighted by Crippen LogP contribution is 2.32. The summed E-state index contributed by atoms with van der Waals surface area (Å²) in [7, 11) is 3.42. The van der Waals surface area contributed by atoms with Crippen LogP contribution in [0.4, 0.5) is 4.39 Å². The number of nitrogens with one attached hydrogen (secondary N) is 1. The van der Waals surface area contributed by atoms with E-state index in [-0.39, 0.29) is 11.9 Å². The molecule has 4 heteroatoms. The van der Waals surface area contributed by atoms with Crippen LogP contribution in [0.2, 0.25) is 0 Å². The molecule has 0 saturated carbocycles. The number of para-hydroxylation sites is 1. The molecule has 2 aromatic rings. The van der Waals surface area contributed by atoms with E-state index in [1.165, 1.54) is 0 Å². The van der Waals surface area contributed by atoms with E-state index in [1.807, 2.05) is 30.3 Å². The minimum atomic E-state index is -0.257. The number of rotatable bonds is 4. The van der Waals surface area contributed by atoms with Crippen LogP contribution in [0.1, 0.15) is 17.2 Å². The Morgan fingerprint density at radius 2 is 1.79 bits per heavy atom. The van der Waals surface area contributed by atoms with E-state index in [0.717, 1.165) is 11.3 Å². The lowest BCUT2D eigenvalue weighted by atomic mass is 9.97. The highest BCUT2D eigenvalue weighted by molar-refractivity contribution is 9.10. The van der Waals surface area contributed by atoms with Crippen LogP contribution in [0.25, 0.3) is 0 Å². The highest BCUT2D eigenvalue weighted by Gasteiger charge is 2.20. The van der Waals surface area contributed by atoms with E-state index in [9.17, 15) is 4.39 Å². The van der Waals surface area contributed by atoms with Gasteiger partial charge in [-0.25, -0.2) is 4.39 Å². The minimum absolute atomic E-state index is 0.256. The number of benzene rings is 2. The second-order valence-corrected chi connectivity index (χ2v) is 4.96. The molecule has 2 aromatic carbocycles. The Balaban J connectivity index is 2.53. The largest absolute Gasteiger partial charge is 0.496 e. The summed E-state index contributed by atoms with van der Waals surface area (Å²) in [6.07, 6.45) is 0. The summed E-state index contributed by atoms with van der Waals surface area (Å²) in [6, 6.07) is 12.6. The van der Waals surface area contributed by atoms with Gasteiger partial charge < -0.3 is 10.1 Å². The Morgan fingerprint density at radius 1 is 1.11 bits per heavy atom. The van der Waals surface area contributed by atoms with Crippen LogP contribution in [0, 0.1) is 5.82 Å². The number of methoxy groups -OCH3 is 1. The number of hydrogen-bond acceptors (Lipinski definition) is 2. The Bertz CT molecular complexity index is 574. The second-order valence-electron chi connectivity index (χ2n) is 4.11. The molecule has 0 saturated heterocycles. The van der Waals surface area contributed by atoms with E-state index in [1.54, 1.807) is 26.3 Å². The molecular formula is C15H15BrFNO. The van der Waals surface area contributed by atoms with Crippen molar-refractivity contribution in [3.63, 3.8) is 0 Å². The van der Waals surface area contributed by atoms with Gasteiger partial charge in [-0.05, 0) is 35.1 Å². The lowest BCUT2D eigenvalue weighted by molar-refractivity contribution is 0.404. The van der Waals surface area contributed by atoms with E-state index in [2.05, 4.69) is 21.2 Å². The molecule has 100 valence electrons. The maximum absolute atomic E-state index is 14.2. The zero-order valence-electron chi connectivity index (χ0n) is 10.8. The predicted octanol–water partition coefficient (Wildman–Crippen LogP) is 3.91. The van der Waals surface area contributed by atoms with E-state index in [4.69, 9.17) is 4.74 Å². The topological polar surface area (TPSA) is 21.3 Å². The van der Waals surface area contributed by atoms with E-state index >= 15 is 0 Å². The molecular weight excluding hydrogens is 309 g/mol. The molecule has 0 radical (unpaired) electrons. The number of hydrogen-bond donors (Lipinski definition) is 1. The van der Waals surface area contributed by atoms with Crippen molar-refractivity contribution < 1.29 is 9.13 Å². The summed E-state index contributed by atoms with van der Waals surface area (Å²) in [5.41, 5.74) is 1.49. The summed E-state index contributed by atoms with van der Waals surface area (Å²) < 4.78 is 20.0. The predicted molar refractivity (Wildman–Crippen MR) is 78.0 cm³/mol. The summed E-state index contributed by atoms with van der Waals surface area (Å²) in [4.78, 5) is 0. The van der Waals surface area contributed by atoms with Crippen LogP contribution >= 0.6 is 15.9 Å².